The molecule has 6 rings (SSSR count). The summed E-state index contributed by atoms with van der Waals surface area (Å²) in [4.78, 5) is 0. The minimum Gasteiger partial charge on any atom is -0.489 e. The standard InChI is InChI=1S/C41H58O8Si2/c1-10-50(11-2,12-3)48-37-36-34(28-46-51(49-36,39(4,5)6)40(7,8)9)47-41(38(37)42)35-31(27-45-41)23-32(43-25-29-19-15-13-16-20-29)24-33(35)44-26-30-21-17-14-18-22-30/h13-24,34,36-38,42H,10-12,25-28H2,1-9H3. The van der Waals surface area contributed by atoms with Gasteiger partial charge in [0.25, 0.3) is 0 Å². The molecule has 5 unspecified atom stereocenters. The Bertz CT molecular complexity index is 1600. The Labute approximate surface area is 307 Å². The van der Waals surface area contributed by atoms with Gasteiger partial charge in [0.05, 0.1) is 18.8 Å². The van der Waals surface area contributed by atoms with Crippen LogP contribution in [0.5, 0.6) is 11.5 Å². The van der Waals surface area contributed by atoms with Gasteiger partial charge in [-0.15, -0.1) is 0 Å². The van der Waals surface area contributed by atoms with E-state index in [1.807, 2.05) is 72.8 Å². The largest absolute Gasteiger partial charge is 0.489 e. The molecule has 3 heterocycles. The number of benzene rings is 3. The molecule has 3 aliphatic rings. The van der Waals surface area contributed by atoms with E-state index in [0.717, 1.165) is 34.8 Å². The van der Waals surface area contributed by atoms with Gasteiger partial charge in [-0.3, -0.25) is 0 Å². The van der Waals surface area contributed by atoms with E-state index >= 15 is 0 Å². The normalized spacial score (nSPS) is 26.1. The lowest BCUT2D eigenvalue weighted by Gasteiger charge is -2.60. The molecule has 2 fully saturated rings. The highest BCUT2D eigenvalue weighted by Crippen LogP contribution is 2.58. The van der Waals surface area contributed by atoms with Crippen LogP contribution in [0.1, 0.15) is 84.6 Å². The van der Waals surface area contributed by atoms with E-state index in [9.17, 15) is 5.11 Å². The molecule has 0 saturated carbocycles. The summed E-state index contributed by atoms with van der Waals surface area (Å²) < 4.78 is 48.2. The van der Waals surface area contributed by atoms with Gasteiger partial charge in [-0.1, -0.05) is 123 Å². The Balaban J connectivity index is 1.43. The van der Waals surface area contributed by atoms with Gasteiger partial charge in [0, 0.05) is 16.1 Å². The smallest absolute Gasteiger partial charge is 0.349 e. The molecule has 1 spiro atoms. The van der Waals surface area contributed by atoms with E-state index in [-0.39, 0.29) is 16.7 Å². The summed E-state index contributed by atoms with van der Waals surface area (Å²) >= 11 is 0. The van der Waals surface area contributed by atoms with Crippen LogP contribution in [-0.2, 0) is 48.4 Å². The van der Waals surface area contributed by atoms with E-state index in [2.05, 4.69) is 62.3 Å². The first-order valence-corrected chi connectivity index (χ1v) is 23.1. The average molecular weight is 735 g/mol. The van der Waals surface area contributed by atoms with Crippen LogP contribution in [0.3, 0.4) is 0 Å². The second kappa shape index (κ2) is 14.7. The van der Waals surface area contributed by atoms with Crippen molar-refractivity contribution in [2.75, 3.05) is 6.61 Å². The van der Waals surface area contributed by atoms with Crippen LogP contribution >= 0.6 is 0 Å². The lowest BCUT2D eigenvalue weighted by molar-refractivity contribution is -0.371. The SMILES string of the molecule is CC[Si](CC)(CC)OC1C2O[Si](C(C)(C)C)(C(C)(C)C)OCC2OC2(OCc3cc(OCc4ccccc4)cc(OCc4ccccc4)c32)C1O. The fourth-order valence-electron chi connectivity index (χ4n) is 8.41. The Hall–Kier alpha value is -2.55. The summed E-state index contributed by atoms with van der Waals surface area (Å²) in [5.41, 5.74) is 3.59. The number of hydrogen-bond acceptors (Lipinski definition) is 8. The van der Waals surface area contributed by atoms with Gasteiger partial charge in [0.1, 0.15) is 49.1 Å². The van der Waals surface area contributed by atoms with Crippen molar-refractivity contribution in [2.45, 2.75) is 141 Å². The van der Waals surface area contributed by atoms with Crippen molar-refractivity contribution in [1.29, 1.82) is 0 Å². The fraction of sp³-hybridized carbons (Fsp3) is 0.561. The monoisotopic (exact) mass is 734 g/mol. The van der Waals surface area contributed by atoms with E-state index < -0.39 is 47.1 Å². The highest BCUT2D eigenvalue weighted by Gasteiger charge is 2.68. The third-order valence-electron chi connectivity index (χ3n) is 11.2. The number of aliphatic hydroxyl groups excluding tert-OH is 1. The van der Waals surface area contributed by atoms with Crippen molar-refractivity contribution >= 4 is 16.9 Å². The Kier molecular flexibility index (Phi) is 11.0. The average Bonchev–Trinajstić information content (AvgIpc) is 3.49. The summed E-state index contributed by atoms with van der Waals surface area (Å²) in [6.07, 6.45) is -2.96. The molecule has 8 nitrogen and oxygen atoms in total. The van der Waals surface area contributed by atoms with Crippen LogP contribution in [0, 0.1) is 0 Å². The van der Waals surface area contributed by atoms with Gasteiger partial charge in [-0.25, -0.2) is 0 Å². The molecule has 2 saturated heterocycles. The third-order valence-corrected chi connectivity index (χ3v) is 21.0. The van der Waals surface area contributed by atoms with Crippen LogP contribution in [0.4, 0.5) is 0 Å². The number of rotatable bonds is 11. The molecular weight excluding hydrogens is 677 g/mol. The van der Waals surface area contributed by atoms with E-state index in [1.54, 1.807) is 0 Å². The molecule has 5 atom stereocenters. The minimum atomic E-state index is -2.94. The Morgan fingerprint density at radius 2 is 1.39 bits per heavy atom. The highest BCUT2D eigenvalue weighted by molar-refractivity contribution is 6.74. The predicted octanol–water partition coefficient (Wildman–Crippen LogP) is 9.14. The molecule has 51 heavy (non-hydrogen) atoms. The van der Waals surface area contributed by atoms with Crippen molar-refractivity contribution < 1.29 is 37.3 Å². The zero-order chi connectivity index (χ0) is 36.7. The molecule has 0 aliphatic carbocycles. The first-order chi connectivity index (χ1) is 24.2. The van der Waals surface area contributed by atoms with Gasteiger partial charge < -0.3 is 37.3 Å². The first kappa shape index (κ1) is 38.2. The van der Waals surface area contributed by atoms with Gasteiger partial charge in [0.2, 0.25) is 5.79 Å². The van der Waals surface area contributed by atoms with Crippen molar-refractivity contribution in [1.82, 2.24) is 0 Å². The van der Waals surface area contributed by atoms with Crippen LogP contribution < -0.4 is 9.47 Å². The maximum atomic E-state index is 12.8. The minimum absolute atomic E-state index is 0.211. The lowest BCUT2D eigenvalue weighted by Crippen LogP contribution is -2.74. The van der Waals surface area contributed by atoms with Gasteiger partial charge in [-0.2, -0.15) is 0 Å². The van der Waals surface area contributed by atoms with Crippen LogP contribution in [0.15, 0.2) is 72.8 Å². The van der Waals surface area contributed by atoms with Crippen molar-refractivity contribution in [2.24, 2.45) is 0 Å². The van der Waals surface area contributed by atoms with Crippen LogP contribution in [-0.4, -0.2) is 53.0 Å². The highest BCUT2D eigenvalue weighted by atomic mass is 28.4. The predicted molar refractivity (Wildman–Crippen MR) is 203 cm³/mol. The van der Waals surface area contributed by atoms with Crippen molar-refractivity contribution in [3.05, 3.63) is 95.1 Å². The van der Waals surface area contributed by atoms with E-state index in [0.29, 0.717) is 36.9 Å². The molecule has 3 aromatic carbocycles. The second-order valence-electron chi connectivity index (χ2n) is 16.4. The Morgan fingerprint density at radius 3 is 1.94 bits per heavy atom. The maximum absolute atomic E-state index is 12.8. The zero-order valence-electron chi connectivity index (χ0n) is 32.0. The number of ether oxygens (including phenoxy) is 4. The van der Waals surface area contributed by atoms with E-state index in [4.69, 9.17) is 32.2 Å². The molecule has 10 heteroatoms. The summed E-state index contributed by atoms with van der Waals surface area (Å²) in [5.74, 6) is -0.357. The number of fused-ring (bicyclic) bond motifs is 3. The molecule has 3 aromatic rings. The number of aliphatic hydroxyl groups is 1. The fourth-order valence-corrected chi connectivity index (χ4v) is 16.2. The van der Waals surface area contributed by atoms with E-state index in [1.165, 1.54) is 0 Å². The molecular formula is C41H58O8Si2. The molecule has 278 valence electrons. The van der Waals surface area contributed by atoms with Crippen molar-refractivity contribution in [3.63, 3.8) is 0 Å². The maximum Gasteiger partial charge on any atom is 0.349 e. The quantitative estimate of drug-likeness (QED) is 0.195. The summed E-state index contributed by atoms with van der Waals surface area (Å²) in [6, 6.07) is 26.8. The van der Waals surface area contributed by atoms with Crippen molar-refractivity contribution in [3.8, 4) is 11.5 Å². The molecule has 0 amide bonds. The summed E-state index contributed by atoms with van der Waals surface area (Å²) in [6.45, 7) is 21.1. The topological polar surface area (TPSA) is 84.8 Å². The van der Waals surface area contributed by atoms with Crippen LogP contribution in [0.25, 0.3) is 0 Å². The Morgan fingerprint density at radius 1 is 0.824 bits per heavy atom. The van der Waals surface area contributed by atoms with Gasteiger partial charge in [-0.05, 0) is 40.9 Å². The molecule has 3 aliphatic heterocycles. The van der Waals surface area contributed by atoms with Crippen LogP contribution in [0.2, 0.25) is 28.2 Å². The number of hydrogen-bond donors (Lipinski definition) is 1. The molecule has 1 N–H and O–H groups in total. The van der Waals surface area contributed by atoms with Gasteiger partial charge in [0.15, 0.2) is 8.32 Å². The molecule has 0 bridgehead atoms. The third kappa shape index (κ3) is 7.11. The molecule has 0 aromatic heterocycles. The zero-order valence-corrected chi connectivity index (χ0v) is 34.0. The second-order valence-corrected chi connectivity index (χ2v) is 25.9. The summed E-state index contributed by atoms with van der Waals surface area (Å²) in [7, 11) is -5.21. The lowest BCUT2D eigenvalue weighted by atomic mass is 9.87. The van der Waals surface area contributed by atoms with Gasteiger partial charge >= 0.3 is 8.56 Å². The summed E-state index contributed by atoms with van der Waals surface area (Å²) in [5, 5.41) is 12.3. The first-order valence-electron chi connectivity index (χ1n) is 18.7. The molecule has 0 radical (unpaired) electrons.